The number of rotatable bonds is 2. The third kappa shape index (κ3) is 2.67. The third-order valence-electron chi connectivity index (χ3n) is 3.42. The molecule has 1 heterocycles. The van der Waals surface area contributed by atoms with Crippen LogP contribution in [-0.4, -0.2) is 30.6 Å². The number of nitrogens with zero attached hydrogens (tertiary/aromatic N) is 1. The summed E-state index contributed by atoms with van der Waals surface area (Å²) in [6.07, 6.45) is 0. The maximum Gasteiger partial charge on any atom is 0.163 e. The van der Waals surface area contributed by atoms with Gasteiger partial charge in [0.1, 0.15) is 5.82 Å². The Labute approximate surface area is 105 Å². The van der Waals surface area contributed by atoms with Crippen molar-refractivity contribution in [1.29, 1.82) is 0 Å². The summed E-state index contributed by atoms with van der Waals surface area (Å²) in [5.74, 6) is -2.81. The highest BCUT2D eigenvalue weighted by atomic mass is 19.2. The van der Waals surface area contributed by atoms with Crippen molar-refractivity contribution in [1.82, 2.24) is 10.2 Å². The molecule has 0 unspecified atom stereocenters. The summed E-state index contributed by atoms with van der Waals surface area (Å²) < 4.78 is 40.1. The normalized spacial score (nSPS) is 23.1. The fourth-order valence-corrected chi connectivity index (χ4v) is 2.39. The molecule has 2 nitrogen and oxygen atoms in total. The molecule has 5 heteroatoms. The van der Waals surface area contributed by atoms with E-state index >= 15 is 0 Å². The average Bonchev–Trinajstić information content (AvgIpc) is 2.33. The second-order valence-corrected chi connectivity index (χ2v) is 4.82. The van der Waals surface area contributed by atoms with Crippen LogP contribution in [0.1, 0.15) is 25.5 Å². The lowest BCUT2D eigenvalue weighted by atomic mass is 10.0. The molecule has 0 spiro atoms. The van der Waals surface area contributed by atoms with Gasteiger partial charge in [0.25, 0.3) is 0 Å². The maximum atomic E-state index is 13.7. The highest BCUT2D eigenvalue weighted by Crippen LogP contribution is 2.26. The molecule has 0 aliphatic carbocycles. The zero-order valence-electron chi connectivity index (χ0n) is 10.5. The fourth-order valence-electron chi connectivity index (χ4n) is 2.39. The van der Waals surface area contributed by atoms with Gasteiger partial charge in [0.05, 0.1) is 0 Å². The van der Waals surface area contributed by atoms with Gasteiger partial charge in [-0.25, -0.2) is 13.2 Å². The molecule has 0 aromatic heterocycles. The zero-order chi connectivity index (χ0) is 13.3. The predicted octanol–water partition coefficient (Wildman–Crippen LogP) is 2.46. The van der Waals surface area contributed by atoms with Crippen LogP contribution < -0.4 is 5.32 Å². The van der Waals surface area contributed by atoms with Crippen molar-refractivity contribution < 1.29 is 13.2 Å². The van der Waals surface area contributed by atoms with Gasteiger partial charge in [-0.1, -0.05) is 0 Å². The average molecular weight is 258 g/mol. The van der Waals surface area contributed by atoms with Crippen molar-refractivity contribution in [2.45, 2.75) is 25.9 Å². The van der Waals surface area contributed by atoms with Crippen molar-refractivity contribution in [2.75, 3.05) is 19.6 Å². The molecule has 1 aromatic rings. The molecule has 0 radical (unpaired) electrons. The van der Waals surface area contributed by atoms with Gasteiger partial charge in [-0.2, -0.15) is 0 Å². The lowest BCUT2D eigenvalue weighted by Gasteiger charge is -2.36. The van der Waals surface area contributed by atoms with Crippen LogP contribution >= 0.6 is 0 Å². The quantitative estimate of drug-likeness (QED) is 0.820. The van der Waals surface area contributed by atoms with Gasteiger partial charge in [-0.3, -0.25) is 4.90 Å². The number of piperazine rings is 1. The minimum absolute atomic E-state index is 0.0848. The van der Waals surface area contributed by atoms with E-state index in [2.05, 4.69) is 5.32 Å². The number of hydrogen-bond acceptors (Lipinski definition) is 2. The van der Waals surface area contributed by atoms with E-state index in [4.69, 9.17) is 0 Å². The van der Waals surface area contributed by atoms with E-state index in [1.54, 1.807) is 6.92 Å². The van der Waals surface area contributed by atoms with Crippen LogP contribution in [0.2, 0.25) is 0 Å². The van der Waals surface area contributed by atoms with Crippen molar-refractivity contribution in [3.8, 4) is 0 Å². The Morgan fingerprint density at radius 3 is 2.72 bits per heavy atom. The Kier molecular flexibility index (Phi) is 3.92. The van der Waals surface area contributed by atoms with Gasteiger partial charge in [-0.05, 0) is 19.9 Å². The maximum absolute atomic E-state index is 13.7. The van der Waals surface area contributed by atoms with Gasteiger partial charge in [0, 0.05) is 43.3 Å². The number of hydrogen-bond donors (Lipinski definition) is 1. The molecule has 0 saturated carbocycles. The molecule has 1 fully saturated rings. The summed E-state index contributed by atoms with van der Waals surface area (Å²) in [4.78, 5) is 2.03. The van der Waals surface area contributed by atoms with Crippen molar-refractivity contribution in [2.24, 2.45) is 0 Å². The van der Waals surface area contributed by atoms with Crippen LogP contribution in [0.4, 0.5) is 13.2 Å². The molecular formula is C13H17F3N2. The highest BCUT2D eigenvalue weighted by molar-refractivity contribution is 5.23. The third-order valence-corrected chi connectivity index (χ3v) is 3.42. The minimum Gasteiger partial charge on any atom is -0.312 e. The zero-order valence-corrected chi connectivity index (χ0v) is 10.5. The van der Waals surface area contributed by atoms with Gasteiger partial charge in [0.2, 0.25) is 0 Å². The lowest BCUT2D eigenvalue weighted by molar-refractivity contribution is 0.155. The van der Waals surface area contributed by atoms with Crippen LogP contribution in [0, 0.1) is 17.5 Å². The molecule has 100 valence electrons. The van der Waals surface area contributed by atoms with Crippen molar-refractivity contribution in [3.63, 3.8) is 0 Å². The molecule has 0 amide bonds. The molecule has 1 aliphatic heterocycles. The predicted molar refractivity (Wildman–Crippen MR) is 63.8 cm³/mol. The van der Waals surface area contributed by atoms with Crippen molar-refractivity contribution >= 4 is 0 Å². The van der Waals surface area contributed by atoms with E-state index in [-0.39, 0.29) is 11.6 Å². The number of benzene rings is 1. The summed E-state index contributed by atoms with van der Waals surface area (Å²) >= 11 is 0. The SMILES string of the molecule is C[C@@H]1CN([C@H](C)c2cc(F)cc(F)c2F)CCN1. The summed E-state index contributed by atoms with van der Waals surface area (Å²) in [6.45, 7) is 6.07. The van der Waals surface area contributed by atoms with E-state index in [9.17, 15) is 13.2 Å². The Morgan fingerprint density at radius 2 is 2.06 bits per heavy atom. The molecule has 1 aromatic carbocycles. The molecule has 18 heavy (non-hydrogen) atoms. The van der Waals surface area contributed by atoms with Crippen LogP contribution in [0.3, 0.4) is 0 Å². The Balaban J connectivity index is 2.25. The summed E-state index contributed by atoms with van der Waals surface area (Å²) in [5.41, 5.74) is 0.0848. The Bertz CT molecular complexity index is 436. The summed E-state index contributed by atoms with van der Waals surface area (Å²) in [7, 11) is 0. The topological polar surface area (TPSA) is 15.3 Å². The first-order valence-electron chi connectivity index (χ1n) is 6.11. The first-order chi connectivity index (χ1) is 8.49. The summed E-state index contributed by atoms with van der Waals surface area (Å²) in [6, 6.07) is 1.62. The fraction of sp³-hybridized carbons (Fsp3) is 0.538. The molecule has 2 atom stereocenters. The van der Waals surface area contributed by atoms with E-state index in [0.717, 1.165) is 25.7 Å². The lowest BCUT2D eigenvalue weighted by Crippen LogP contribution is -2.49. The molecular weight excluding hydrogens is 241 g/mol. The number of nitrogens with one attached hydrogen (secondary N) is 1. The van der Waals surface area contributed by atoms with Crippen molar-refractivity contribution in [3.05, 3.63) is 35.1 Å². The Morgan fingerprint density at radius 1 is 1.33 bits per heavy atom. The van der Waals surface area contributed by atoms with E-state index in [1.165, 1.54) is 0 Å². The second kappa shape index (κ2) is 5.28. The van der Waals surface area contributed by atoms with Gasteiger partial charge < -0.3 is 5.32 Å². The van der Waals surface area contributed by atoms with E-state index in [1.807, 2.05) is 11.8 Å². The summed E-state index contributed by atoms with van der Waals surface area (Å²) in [5, 5.41) is 3.27. The first kappa shape index (κ1) is 13.4. The van der Waals surface area contributed by atoms with Gasteiger partial charge >= 0.3 is 0 Å². The monoisotopic (exact) mass is 258 g/mol. The van der Waals surface area contributed by atoms with E-state index in [0.29, 0.717) is 12.1 Å². The standard InChI is InChI=1S/C13H17F3N2/c1-8-7-18(4-3-17-8)9(2)11-5-10(14)6-12(15)13(11)16/h5-6,8-9,17H,3-4,7H2,1-2H3/t8-,9-/m1/s1. The van der Waals surface area contributed by atoms with Crippen LogP contribution in [-0.2, 0) is 0 Å². The van der Waals surface area contributed by atoms with E-state index < -0.39 is 17.5 Å². The molecule has 2 rings (SSSR count). The number of halogens is 3. The molecule has 1 N–H and O–H groups in total. The largest absolute Gasteiger partial charge is 0.312 e. The van der Waals surface area contributed by atoms with Crippen LogP contribution in [0.25, 0.3) is 0 Å². The second-order valence-electron chi connectivity index (χ2n) is 4.82. The smallest absolute Gasteiger partial charge is 0.163 e. The van der Waals surface area contributed by atoms with Gasteiger partial charge in [-0.15, -0.1) is 0 Å². The first-order valence-corrected chi connectivity index (χ1v) is 6.11. The minimum atomic E-state index is -1.12. The highest BCUT2D eigenvalue weighted by Gasteiger charge is 2.25. The Hall–Kier alpha value is -1.07. The van der Waals surface area contributed by atoms with Crippen LogP contribution in [0.15, 0.2) is 12.1 Å². The van der Waals surface area contributed by atoms with Crippen LogP contribution in [0.5, 0.6) is 0 Å². The molecule has 0 bridgehead atoms. The molecule has 1 saturated heterocycles. The van der Waals surface area contributed by atoms with Gasteiger partial charge in [0.15, 0.2) is 11.6 Å². The molecule has 1 aliphatic rings.